The number of nitrogens with zero attached hydrogens (tertiary/aromatic N) is 1. The highest BCUT2D eigenvalue weighted by atomic mass is 35.5. The molecule has 1 aromatic carbocycles. The Bertz CT molecular complexity index is 511. The molecule has 2 rings (SSSR count). The maximum atomic E-state index is 12.1. The van der Waals surface area contributed by atoms with E-state index in [1.807, 2.05) is 0 Å². The van der Waals surface area contributed by atoms with Crippen LogP contribution < -0.4 is 10.6 Å². The molecule has 90 valence electrons. The third-order valence-electron chi connectivity index (χ3n) is 2.86. The number of amides is 2. The first-order valence-electron chi connectivity index (χ1n) is 5.25. The van der Waals surface area contributed by atoms with Crippen molar-refractivity contribution in [3.63, 3.8) is 0 Å². The van der Waals surface area contributed by atoms with Crippen LogP contribution in [0.25, 0.3) is 0 Å². The average Bonchev–Trinajstić information content (AvgIpc) is 2.42. The predicted molar refractivity (Wildman–Crippen MR) is 66.8 cm³/mol. The Morgan fingerprint density at radius 2 is 2.00 bits per heavy atom. The van der Waals surface area contributed by atoms with Gasteiger partial charge in [-0.3, -0.25) is 9.59 Å². The minimum Gasteiger partial charge on any atom is -0.397 e. The van der Waals surface area contributed by atoms with Crippen LogP contribution >= 0.6 is 11.6 Å². The van der Waals surface area contributed by atoms with Gasteiger partial charge in [0.05, 0.1) is 21.8 Å². The fourth-order valence-corrected chi connectivity index (χ4v) is 2.00. The number of nitrogen functional groups attached to an aromatic ring is 1. The molecule has 1 fully saturated rings. The molecule has 0 atom stereocenters. The topological polar surface area (TPSA) is 63.4 Å². The van der Waals surface area contributed by atoms with Gasteiger partial charge in [0.1, 0.15) is 0 Å². The molecule has 4 nitrogen and oxygen atoms in total. The second kappa shape index (κ2) is 3.74. The first-order chi connectivity index (χ1) is 7.83. The molecular weight excluding hydrogens is 240 g/mol. The summed E-state index contributed by atoms with van der Waals surface area (Å²) in [7, 11) is 0. The summed E-state index contributed by atoms with van der Waals surface area (Å²) in [6.45, 7) is 3.51. The lowest BCUT2D eigenvalue weighted by Crippen LogP contribution is -2.32. The fraction of sp³-hybridized carbons (Fsp3) is 0.333. The smallest absolute Gasteiger partial charge is 0.239 e. The van der Waals surface area contributed by atoms with Crippen molar-refractivity contribution in [2.24, 2.45) is 5.41 Å². The molecule has 0 unspecified atom stereocenters. The van der Waals surface area contributed by atoms with Crippen molar-refractivity contribution in [3.8, 4) is 0 Å². The van der Waals surface area contributed by atoms with Crippen LogP contribution in [0, 0.1) is 5.41 Å². The summed E-state index contributed by atoms with van der Waals surface area (Å²) in [5, 5.41) is 0.409. The van der Waals surface area contributed by atoms with Gasteiger partial charge < -0.3 is 5.73 Å². The lowest BCUT2D eigenvalue weighted by molar-refractivity contribution is -0.124. The number of halogens is 1. The van der Waals surface area contributed by atoms with Gasteiger partial charge >= 0.3 is 0 Å². The Balaban J connectivity index is 2.44. The molecule has 0 spiro atoms. The second-order valence-corrected chi connectivity index (χ2v) is 5.21. The summed E-state index contributed by atoms with van der Waals surface area (Å²) in [4.78, 5) is 25.1. The number of carbonyl (C=O) groups is 2. The first kappa shape index (κ1) is 11.9. The van der Waals surface area contributed by atoms with E-state index < -0.39 is 5.41 Å². The van der Waals surface area contributed by atoms with E-state index in [1.165, 1.54) is 4.90 Å². The highest BCUT2D eigenvalue weighted by molar-refractivity contribution is 6.33. The molecule has 1 heterocycles. The Hall–Kier alpha value is -1.55. The summed E-state index contributed by atoms with van der Waals surface area (Å²) in [6.07, 6.45) is 0.217. The number of hydrogen-bond donors (Lipinski definition) is 1. The van der Waals surface area contributed by atoms with Gasteiger partial charge in [-0.05, 0) is 18.2 Å². The second-order valence-electron chi connectivity index (χ2n) is 4.80. The van der Waals surface area contributed by atoms with E-state index in [0.29, 0.717) is 16.4 Å². The van der Waals surface area contributed by atoms with Crippen molar-refractivity contribution < 1.29 is 9.59 Å². The molecular formula is C12H13ClN2O2. The number of imide groups is 1. The van der Waals surface area contributed by atoms with Gasteiger partial charge in [-0.25, -0.2) is 4.90 Å². The molecule has 0 radical (unpaired) electrons. The standard InChI is InChI=1S/C12H13ClN2O2/c1-12(2)6-10(16)15(11(12)17)7-3-4-8(13)9(14)5-7/h3-5H,6,14H2,1-2H3. The number of anilines is 2. The molecule has 2 amide bonds. The van der Waals surface area contributed by atoms with Gasteiger partial charge in [0.15, 0.2) is 0 Å². The van der Waals surface area contributed by atoms with Crippen LogP contribution in [0.4, 0.5) is 11.4 Å². The summed E-state index contributed by atoms with van der Waals surface area (Å²) in [5.41, 5.74) is 5.85. The van der Waals surface area contributed by atoms with E-state index in [1.54, 1.807) is 32.0 Å². The third-order valence-corrected chi connectivity index (χ3v) is 3.21. The SMILES string of the molecule is CC1(C)CC(=O)N(c2ccc(Cl)c(N)c2)C1=O. The van der Waals surface area contributed by atoms with Crippen LogP contribution in [-0.2, 0) is 9.59 Å². The Kier molecular flexibility index (Phi) is 2.62. The summed E-state index contributed by atoms with van der Waals surface area (Å²) >= 11 is 5.80. The maximum Gasteiger partial charge on any atom is 0.239 e. The minimum absolute atomic E-state index is 0.204. The largest absolute Gasteiger partial charge is 0.397 e. The van der Waals surface area contributed by atoms with Crippen molar-refractivity contribution in [1.82, 2.24) is 0 Å². The molecule has 1 saturated heterocycles. The molecule has 17 heavy (non-hydrogen) atoms. The summed E-state index contributed by atoms with van der Waals surface area (Å²) in [6, 6.07) is 4.74. The zero-order chi connectivity index (χ0) is 12.8. The van der Waals surface area contributed by atoms with Gasteiger partial charge in [0.2, 0.25) is 11.8 Å². The molecule has 0 aromatic heterocycles. The van der Waals surface area contributed by atoms with E-state index in [4.69, 9.17) is 17.3 Å². The zero-order valence-electron chi connectivity index (χ0n) is 9.66. The van der Waals surface area contributed by atoms with Crippen molar-refractivity contribution >= 4 is 34.8 Å². The Labute approximate surface area is 104 Å². The molecule has 0 bridgehead atoms. The van der Waals surface area contributed by atoms with Gasteiger partial charge in [0.25, 0.3) is 0 Å². The van der Waals surface area contributed by atoms with Gasteiger partial charge in [-0.2, -0.15) is 0 Å². The van der Waals surface area contributed by atoms with E-state index >= 15 is 0 Å². The van der Waals surface area contributed by atoms with E-state index in [0.717, 1.165) is 0 Å². The number of carbonyl (C=O) groups excluding carboxylic acids is 2. The zero-order valence-corrected chi connectivity index (χ0v) is 10.4. The predicted octanol–water partition coefficient (Wildman–Crippen LogP) is 2.21. The van der Waals surface area contributed by atoms with Crippen molar-refractivity contribution in [2.75, 3.05) is 10.6 Å². The Morgan fingerprint density at radius 3 is 2.47 bits per heavy atom. The first-order valence-corrected chi connectivity index (χ1v) is 5.63. The van der Waals surface area contributed by atoms with Crippen molar-refractivity contribution in [1.29, 1.82) is 0 Å². The molecule has 1 aromatic rings. The normalized spacial score (nSPS) is 18.9. The molecule has 1 aliphatic heterocycles. The molecule has 1 aliphatic rings. The maximum absolute atomic E-state index is 12.1. The number of hydrogen-bond acceptors (Lipinski definition) is 3. The van der Waals surface area contributed by atoms with Crippen LogP contribution in [0.15, 0.2) is 18.2 Å². The van der Waals surface area contributed by atoms with Gasteiger partial charge in [-0.1, -0.05) is 25.4 Å². The van der Waals surface area contributed by atoms with Crippen LogP contribution in [0.2, 0.25) is 5.02 Å². The van der Waals surface area contributed by atoms with E-state index in [9.17, 15) is 9.59 Å². The van der Waals surface area contributed by atoms with E-state index in [2.05, 4.69) is 0 Å². The lowest BCUT2D eigenvalue weighted by Gasteiger charge is -2.18. The fourth-order valence-electron chi connectivity index (χ4n) is 1.88. The average molecular weight is 253 g/mol. The quantitative estimate of drug-likeness (QED) is 0.616. The number of benzene rings is 1. The van der Waals surface area contributed by atoms with Crippen molar-refractivity contribution in [3.05, 3.63) is 23.2 Å². The van der Waals surface area contributed by atoms with Gasteiger partial charge in [-0.15, -0.1) is 0 Å². The molecule has 0 saturated carbocycles. The van der Waals surface area contributed by atoms with Crippen LogP contribution in [0.5, 0.6) is 0 Å². The van der Waals surface area contributed by atoms with Crippen LogP contribution in [0.1, 0.15) is 20.3 Å². The monoisotopic (exact) mass is 252 g/mol. The number of nitrogens with two attached hydrogens (primary N) is 1. The van der Waals surface area contributed by atoms with Crippen molar-refractivity contribution in [2.45, 2.75) is 20.3 Å². The summed E-state index contributed by atoms with van der Waals surface area (Å²) in [5.74, 6) is -0.411. The number of rotatable bonds is 1. The molecule has 0 aliphatic carbocycles. The lowest BCUT2D eigenvalue weighted by atomic mass is 9.92. The van der Waals surface area contributed by atoms with E-state index in [-0.39, 0.29) is 18.2 Å². The Morgan fingerprint density at radius 1 is 1.35 bits per heavy atom. The van der Waals surface area contributed by atoms with Crippen LogP contribution in [0.3, 0.4) is 0 Å². The summed E-state index contributed by atoms with van der Waals surface area (Å²) < 4.78 is 0. The third kappa shape index (κ3) is 1.89. The molecule has 2 N–H and O–H groups in total. The van der Waals surface area contributed by atoms with Gasteiger partial charge in [0, 0.05) is 6.42 Å². The highest BCUT2D eigenvalue weighted by Crippen LogP contribution is 2.36. The highest BCUT2D eigenvalue weighted by Gasteiger charge is 2.45. The minimum atomic E-state index is -0.647. The molecule has 5 heteroatoms. The van der Waals surface area contributed by atoms with Crippen LogP contribution in [-0.4, -0.2) is 11.8 Å².